The van der Waals surface area contributed by atoms with Crippen molar-refractivity contribution in [2.75, 3.05) is 26.4 Å². The van der Waals surface area contributed by atoms with Gasteiger partial charge in [-0.15, -0.1) is 0 Å². The first-order chi connectivity index (χ1) is 29.8. The summed E-state index contributed by atoms with van der Waals surface area (Å²) in [6, 6.07) is 0. The molecule has 0 aromatic carbocycles. The molecule has 0 saturated carbocycles. The highest BCUT2D eigenvalue weighted by atomic mass is 31.2. The van der Waals surface area contributed by atoms with Crippen LogP contribution in [0.4, 0.5) is 0 Å². The molecule has 0 aromatic rings. The van der Waals surface area contributed by atoms with Crippen LogP contribution in [0, 0.1) is 0 Å². The van der Waals surface area contributed by atoms with Gasteiger partial charge >= 0.3 is 27.6 Å². The van der Waals surface area contributed by atoms with Crippen LogP contribution in [0.2, 0.25) is 0 Å². The number of phosphoric ester groups is 2. The number of allylic oxidation sites excluding steroid dienone is 10. The minimum atomic E-state index is -4.88. The highest BCUT2D eigenvalue weighted by Crippen LogP contribution is 2.44. The lowest BCUT2D eigenvalue weighted by molar-refractivity contribution is -0.161. The van der Waals surface area contributed by atoms with Crippen molar-refractivity contribution in [3.05, 3.63) is 72.9 Å². The molecule has 62 heavy (non-hydrogen) atoms. The van der Waals surface area contributed by atoms with Crippen molar-refractivity contribution in [2.24, 2.45) is 0 Å². The summed E-state index contributed by atoms with van der Waals surface area (Å²) in [5, 5.41) is 9.76. The lowest BCUT2D eigenvalue weighted by Gasteiger charge is -2.20. The van der Waals surface area contributed by atoms with Crippen LogP contribution in [0.25, 0.3) is 0 Å². The number of rotatable bonds is 41. The molecule has 0 aliphatic carbocycles. The van der Waals surface area contributed by atoms with Crippen LogP contribution in [0.1, 0.15) is 155 Å². The maximum Gasteiger partial charge on any atom is 0.472 e. The normalized spacial score (nSPS) is 17.9. The van der Waals surface area contributed by atoms with Crippen molar-refractivity contribution in [2.45, 2.75) is 180 Å². The molecule has 4 N–H and O–H groups in total. The lowest BCUT2D eigenvalue weighted by atomic mass is 10.1. The molecule has 1 heterocycles. The maximum atomic E-state index is 12.7. The molecule has 1 saturated heterocycles. The summed E-state index contributed by atoms with van der Waals surface area (Å²) in [5.74, 6) is -1.17. The number of aliphatic hydroxyl groups excluding tert-OH is 1. The third-order valence-electron chi connectivity index (χ3n) is 9.46. The van der Waals surface area contributed by atoms with Gasteiger partial charge in [0.1, 0.15) is 12.7 Å². The van der Waals surface area contributed by atoms with E-state index in [4.69, 9.17) is 28.5 Å². The first kappa shape index (κ1) is 57.5. The Kier molecular flexibility index (Phi) is 35.1. The van der Waals surface area contributed by atoms with Crippen LogP contribution < -0.4 is 0 Å². The zero-order valence-corrected chi connectivity index (χ0v) is 39.2. The fraction of sp³-hybridized carbons (Fsp3) is 0.696. The minimum Gasteiger partial charge on any atom is -0.462 e. The molecule has 1 rings (SSSR count). The Morgan fingerprint density at radius 1 is 0.548 bits per heavy atom. The van der Waals surface area contributed by atoms with E-state index in [1.165, 1.54) is 57.8 Å². The standard InChI is InChI=1S/C46H78O14P2/c1-3-5-7-9-11-13-14-15-16-17-18-19-20-22-24-26-31-35-45(48)55-39-42(40-58-62(53,54)57-38-41(47)37-56-61(50,51)52)59-46(49)36-32-28-27-30-34-44-43(60-44)33-29-25-23-21-12-10-8-6-4-2/h12,15-16,18-19,21-22,24-25,27,29-30,41-44,47H,3-11,13-14,17,20,23,26,28,31-40H2,1-2H3,(H,53,54)(H2,50,51,52)/b16-15-,19-18-,21-12-,24-22-,29-25-,30-27-/t41-,42+,43?,44?/m0/s1. The SMILES string of the molecule is CCCCC/C=C\C/C=C\CC1OC1C/C=C\CCCC(=O)O[C@H](COC(=O)CCC/C=C\C/C=C\C/C=C\CCCCCCCC)COP(=O)(O)OC[C@@H](O)COP(=O)(O)O. The van der Waals surface area contributed by atoms with E-state index in [-0.39, 0.29) is 25.0 Å². The molecule has 5 atom stereocenters. The number of carbonyl (C=O) groups is 2. The second-order valence-electron chi connectivity index (χ2n) is 15.4. The summed E-state index contributed by atoms with van der Waals surface area (Å²) in [5.41, 5.74) is 0. The quantitative estimate of drug-likeness (QED) is 0.0148. The second-order valence-corrected chi connectivity index (χ2v) is 18.0. The van der Waals surface area contributed by atoms with E-state index in [9.17, 15) is 28.7 Å². The summed E-state index contributed by atoms with van der Waals surface area (Å²) in [6.07, 6.45) is 43.6. The molecule has 3 unspecified atom stereocenters. The highest BCUT2D eigenvalue weighted by molar-refractivity contribution is 7.47. The van der Waals surface area contributed by atoms with Gasteiger partial charge in [-0.3, -0.25) is 23.2 Å². The van der Waals surface area contributed by atoms with Gasteiger partial charge in [-0.1, -0.05) is 132 Å². The Morgan fingerprint density at radius 3 is 1.58 bits per heavy atom. The molecule has 1 aliphatic rings. The number of hydrogen-bond acceptors (Lipinski definition) is 11. The van der Waals surface area contributed by atoms with Gasteiger partial charge in [0.05, 0.1) is 32.0 Å². The Labute approximate surface area is 371 Å². The summed E-state index contributed by atoms with van der Waals surface area (Å²) in [7, 11) is -9.72. The van der Waals surface area contributed by atoms with Crippen LogP contribution in [0.15, 0.2) is 72.9 Å². The zero-order chi connectivity index (χ0) is 45.6. The molecule has 0 bridgehead atoms. The number of carbonyl (C=O) groups excluding carboxylic acids is 2. The van der Waals surface area contributed by atoms with Gasteiger partial charge in [-0.25, -0.2) is 9.13 Å². The molecule has 0 aromatic heterocycles. The number of ether oxygens (including phenoxy) is 3. The number of epoxide rings is 1. The summed E-state index contributed by atoms with van der Waals surface area (Å²) < 4.78 is 53.5. The van der Waals surface area contributed by atoms with Crippen molar-refractivity contribution in [3.63, 3.8) is 0 Å². The monoisotopic (exact) mass is 916 g/mol. The Morgan fingerprint density at radius 2 is 0.984 bits per heavy atom. The van der Waals surface area contributed by atoms with Crippen molar-refractivity contribution in [1.29, 1.82) is 0 Å². The third-order valence-corrected chi connectivity index (χ3v) is 10.9. The van der Waals surface area contributed by atoms with Gasteiger partial charge in [0.2, 0.25) is 0 Å². The van der Waals surface area contributed by atoms with Crippen LogP contribution in [0.5, 0.6) is 0 Å². The van der Waals surface area contributed by atoms with Crippen LogP contribution in [-0.4, -0.2) is 82.6 Å². The van der Waals surface area contributed by atoms with E-state index < -0.39 is 66.2 Å². The zero-order valence-electron chi connectivity index (χ0n) is 37.4. The van der Waals surface area contributed by atoms with E-state index in [0.29, 0.717) is 25.7 Å². The van der Waals surface area contributed by atoms with E-state index in [2.05, 4.69) is 71.5 Å². The second kappa shape index (κ2) is 37.9. The molecule has 16 heteroatoms. The Hall–Kier alpha value is -2.48. The van der Waals surface area contributed by atoms with E-state index in [0.717, 1.165) is 44.9 Å². The van der Waals surface area contributed by atoms with E-state index >= 15 is 0 Å². The average Bonchev–Trinajstić information content (AvgIpc) is 3.99. The molecule has 0 radical (unpaired) electrons. The molecule has 1 aliphatic heterocycles. The first-order valence-electron chi connectivity index (χ1n) is 22.8. The lowest BCUT2D eigenvalue weighted by Crippen LogP contribution is -2.29. The van der Waals surface area contributed by atoms with Gasteiger partial charge in [0, 0.05) is 12.8 Å². The van der Waals surface area contributed by atoms with Crippen molar-refractivity contribution >= 4 is 27.6 Å². The molecular weight excluding hydrogens is 838 g/mol. The summed E-state index contributed by atoms with van der Waals surface area (Å²) in [6.45, 7) is 1.58. The Balaban J connectivity index is 2.44. The predicted octanol–water partition coefficient (Wildman–Crippen LogP) is 10.8. The topological polar surface area (TPSA) is 208 Å². The van der Waals surface area contributed by atoms with Crippen LogP contribution >= 0.6 is 15.6 Å². The first-order valence-corrected chi connectivity index (χ1v) is 25.8. The number of aliphatic hydroxyl groups is 1. The van der Waals surface area contributed by atoms with E-state index in [1.807, 2.05) is 24.3 Å². The molecule has 14 nitrogen and oxygen atoms in total. The molecular formula is C46H78O14P2. The van der Waals surface area contributed by atoms with Crippen LogP contribution in [-0.2, 0) is 46.5 Å². The van der Waals surface area contributed by atoms with Gasteiger partial charge in [0.25, 0.3) is 0 Å². The van der Waals surface area contributed by atoms with Gasteiger partial charge in [0.15, 0.2) is 6.10 Å². The third kappa shape index (κ3) is 38.0. The molecule has 356 valence electrons. The number of esters is 2. The number of hydrogen-bond donors (Lipinski definition) is 4. The van der Waals surface area contributed by atoms with Crippen molar-refractivity contribution in [3.8, 4) is 0 Å². The fourth-order valence-corrected chi connectivity index (χ4v) is 7.02. The van der Waals surface area contributed by atoms with Gasteiger partial charge in [-0.2, -0.15) is 0 Å². The smallest absolute Gasteiger partial charge is 0.462 e. The number of unbranched alkanes of at least 4 members (excludes halogenated alkanes) is 11. The van der Waals surface area contributed by atoms with Gasteiger partial charge in [-0.05, 0) is 83.5 Å². The van der Waals surface area contributed by atoms with E-state index in [1.54, 1.807) is 0 Å². The predicted molar refractivity (Wildman–Crippen MR) is 243 cm³/mol. The van der Waals surface area contributed by atoms with Gasteiger partial charge < -0.3 is 34.0 Å². The fourth-order valence-electron chi connectivity index (χ4n) is 5.87. The highest BCUT2D eigenvalue weighted by Gasteiger charge is 2.36. The molecule has 0 amide bonds. The number of phosphoric acid groups is 2. The molecule has 1 fully saturated rings. The minimum absolute atomic E-state index is 0.0334. The average molecular weight is 917 g/mol. The van der Waals surface area contributed by atoms with Crippen molar-refractivity contribution < 1.29 is 66.3 Å². The summed E-state index contributed by atoms with van der Waals surface area (Å²) >= 11 is 0. The maximum absolute atomic E-state index is 12.7. The summed E-state index contributed by atoms with van der Waals surface area (Å²) in [4.78, 5) is 52.8. The Bertz CT molecular complexity index is 1440. The van der Waals surface area contributed by atoms with Crippen LogP contribution in [0.3, 0.4) is 0 Å². The largest absolute Gasteiger partial charge is 0.472 e. The molecule has 0 spiro atoms. The van der Waals surface area contributed by atoms with Crippen molar-refractivity contribution in [1.82, 2.24) is 0 Å².